The van der Waals surface area contributed by atoms with Crippen LogP contribution in [0.5, 0.6) is 0 Å². The first-order chi connectivity index (χ1) is 11.9. The van der Waals surface area contributed by atoms with Crippen LogP contribution in [0.4, 0.5) is 0 Å². The van der Waals surface area contributed by atoms with Crippen molar-refractivity contribution in [1.82, 2.24) is 4.90 Å². The predicted molar refractivity (Wildman–Crippen MR) is 99.9 cm³/mol. The van der Waals surface area contributed by atoms with Crippen LogP contribution in [0.3, 0.4) is 0 Å². The number of unbranched alkanes of at least 4 members (excludes halogenated alkanes) is 5. The summed E-state index contributed by atoms with van der Waals surface area (Å²) in [6.45, 7) is 6.50. The third-order valence-electron chi connectivity index (χ3n) is 5.03. The van der Waals surface area contributed by atoms with Gasteiger partial charge in [0.2, 0.25) is 5.78 Å². The van der Waals surface area contributed by atoms with Crippen LogP contribution in [-0.4, -0.2) is 33.7 Å². The summed E-state index contributed by atoms with van der Waals surface area (Å²) in [6, 6.07) is 0. The van der Waals surface area contributed by atoms with Crippen LogP contribution in [-0.2, 0) is 9.59 Å². The normalized spacial score (nSPS) is 23.2. The molecule has 0 fully saturated rings. The molecular formula is C21H31NO3. The lowest BCUT2D eigenvalue weighted by Gasteiger charge is -2.33. The summed E-state index contributed by atoms with van der Waals surface area (Å²) in [5, 5.41) is 10.2. The summed E-state index contributed by atoms with van der Waals surface area (Å²) in [7, 11) is 0. The van der Waals surface area contributed by atoms with Crippen LogP contribution in [0.2, 0.25) is 0 Å². The van der Waals surface area contributed by atoms with Crippen molar-refractivity contribution in [3.8, 4) is 0 Å². The van der Waals surface area contributed by atoms with Crippen LogP contribution in [0.1, 0.15) is 72.1 Å². The molecule has 1 aliphatic heterocycles. The second kappa shape index (κ2) is 8.61. The van der Waals surface area contributed by atoms with Crippen molar-refractivity contribution in [2.75, 3.05) is 6.54 Å². The molecule has 0 aromatic heterocycles. The maximum atomic E-state index is 12.5. The Labute approximate surface area is 151 Å². The molecule has 0 bridgehead atoms. The van der Waals surface area contributed by atoms with Crippen LogP contribution >= 0.6 is 0 Å². The fraction of sp³-hybridized carbons (Fsp3) is 0.619. The van der Waals surface area contributed by atoms with E-state index < -0.39 is 17.2 Å². The Balaban J connectivity index is 2.19. The van der Waals surface area contributed by atoms with Gasteiger partial charge >= 0.3 is 0 Å². The van der Waals surface area contributed by atoms with E-state index in [2.05, 4.69) is 18.7 Å². The van der Waals surface area contributed by atoms with E-state index in [1.54, 1.807) is 0 Å². The number of ketones is 2. The van der Waals surface area contributed by atoms with E-state index in [1.807, 2.05) is 12.3 Å². The first-order valence-electron chi connectivity index (χ1n) is 9.64. The van der Waals surface area contributed by atoms with E-state index in [0.29, 0.717) is 11.1 Å². The molecule has 0 radical (unpaired) electrons. The number of nitrogens with zero attached hydrogens (tertiary/aromatic N) is 1. The third-order valence-corrected chi connectivity index (χ3v) is 5.03. The summed E-state index contributed by atoms with van der Waals surface area (Å²) in [6.07, 6.45) is 14.4. The van der Waals surface area contributed by atoms with Crippen molar-refractivity contribution < 1.29 is 14.7 Å². The SMILES string of the molecule is CCCCCCCC1=CC2=CC(=O)C(C)(O)C(=O)C2=CN1CCCC. The molecular weight excluding hydrogens is 314 g/mol. The van der Waals surface area contributed by atoms with E-state index in [1.165, 1.54) is 44.4 Å². The fourth-order valence-corrected chi connectivity index (χ4v) is 3.28. The Morgan fingerprint density at radius 1 is 1.00 bits per heavy atom. The van der Waals surface area contributed by atoms with Gasteiger partial charge < -0.3 is 10.0 Å². The first kappa shape index (κ1) is 19.6. The average molecular weight is 345 g/mol. The highest BCUT2D eigenvalue weighted by Crippen LogP contribution is 2.33. The quantitative estimate of drug-likeness (QED) is 0.506. The molecule has 1 aliphatic carbocycles. The molecule has 2 rings (SSSR count). The van der Waals surface area contributed by atoms with Gasteiger partial charge in [0.1, 0.15) is 0 Å². The molecule has 4 nitrogen and oxygen atoms in total. The second-order valence-electron chi connectivity index (χ2n) is 7.25. The summed E-state index contributed by atoms with van der Waals surface area (Å²) >= 11 is 0. The Hall–Kier alpha value is -1.68. The highest BCUT2D eigenvalue weighted by atomic mass is 16.3. The number of carbonyl (C=O) groups excluding carboxylic acids is 2. The molecule has 0 amide bonds. The number of hydrogen-bond donors (Lipinski definition) is 1. The molecule has 1 heterocycles. The lowest BCUT2D eigenvalue weighted by atomic mass is 9.79. The molecule has 138 valence electrons. The zero-order valence-electron chi connectivity index (χ0n) is 15.8. The molecule has 25 heavy (non-hydrogen) atoms. The molecule has 1 unspecified atom stereocenters. The smallest absolute Gasteiger partial charge is 0.204 e. The number of allylic oxidation sites excluding steroid dienone is 3. The Morgan fingerprint density at radius 2 is 1.68 bits per heavy atom. The van der Waals surface area contributed by atoms with Gasteiger partial charge in [-0.25, -0.2) is 0 Å². The topological polar surface area (TPSA) is 57.6 Å². The van der Waals surface area contributed by atoms with Crippen LogP contribution in [0, 0.1) is 0 Å². The number of hydrogen-bond acceptors (Lipinski definition) is 4. The van der Waals surface area contributed by atoms with Gasteiger partial charge in [-0.05, 0) is 43.9 Å². The largest absolute Gasteiger partial charge is 0.374 e. The maximum absolute atomic E-state index is 12.5. The number of rotatable bonds is 9. The van der Waals surface area contributed by atoms with Gasteiger partial charge in [0.25, 0.3) is 0 Å². The lowest BCUT2D eigenvalue weighted by Crippen LogP contribution is -2.47. The van der Waals surface area contributed by atoms with Gasteiger partial charge in [-0.2, -0.15) is 0 Å². The molecule has 0 aromatic carbocycles. The van der Waals surface area contributed by atoms with Crippen molar-refractivity contribution in [3.05, 3.63) is 35.2 Å². The van der Waals surface area contributed by atoms with Crippen LogP contribution in [0.25, 0.3) is 0 Å². The molecule has 4 heteroatoms. The van der Waals surface area contributed by atoms with Crippen LogP contribution < -0.4 is 0 Å². The summed E-state index contributed by atoms with van der Waals surface area (Å²) < 4.78 is 0. The summed E-state index contributed by atoms with van der Waals surface area (Å²) in [4.78, 5) is 26.7. The third kappa shape index (κ3) is 4.49. The molecule has 1 atom stereocenters. The maximum Gasteiger partial charge on any atom is 0.204 e. The lowest BCUT2D eigenvalue weighted by molar-refractivity contribution is -0.144. The van der Waals surface area contributed by atoms with E-state index >= 15 is 0 Å². The average Bonchev–Trinajstić information content (AvgIpc) is 2.58. The molecule has 0 aromatic rings. The monoisotopic (exact) mass is 345 g/mol. The highest BCUT2D eigenvalue weighted by Gasteiger charge is 2.44. The fourth-order valence-electron chi connectivity index (χ4n) is 3.28. The zero-order chi connectivity index (χ0) is 18.4. The van der Waals surface area contributed by atoms with E-state index in [0.717, 1.165) is 32.2 Å². The minimum absolute atomic E-state index is 0.454. The molecule has 0 saturated heterocycles. The Kier molecular flexibility index (Phi) is 6.77. The Morgan fingerprint density at radius 3 is 2.36 bits per heavy atom. The van der Waals surface area contributed by atoms with Crippen molar-refractivity contribution in [2.24, 2.45) is 0 Å². The van der Waals surface area contributed by atoms with Crippen molar-refractivity contribution in [3.63, 3.8) is 0 Å². The second-order valence-corrected chi connectivity index (χ2v) is 7.25. The van der Waals surface area contributed by atoms with E-state index in [4.69, 9.17) is 0 Å². The standard InChI is InChI=1S/C21H31NO3/c1-4-6-8-9-10-11-17-13-16-14-19(23)21(3,25)20(24)18(16)15-22(17)12-7-5-2/h13-15,25H,4-12H2,1-3H3. The molecule has 0 spiro atoms. The van der Waals surface area contributed by atoms with Gasteiger partial charge in [-0.15, -0.1) is 0 Å². The number of Topliss-reactive ketones (excluding diaryl/α,β-unsaturated/α-hetero) is 1. The Bertz CT molecular complexity index is 611. The first-order valence-corrected chi connectivity index (χ1v) is 9.64. The van der Waals surface area contributed by atoms with Gasteiger partial charge in [0.05, 0.1) is 0 Å². The predicted octanol–water partition coefficient (Wildman–Crippen LogP) is 4.06. The van der Waals surface area contributed by atoms with E-state index in [-0.39, 0.29) is 0 Å². The van der Waals surface area contributed by atoms with Crippen molar-refractivity contribution in [1.29, 1.82) is 0 Å². The van der Waals surface area contributed by atoms with E-state index in [9.17, 15) is 14.7 Å². The van der Waals surface area contributed by atoms with Crippen molar-refractivity contribution >= 4 is 11.6 Å². The number of aliphatic hydroxyl groups is 1. The summed E-state index contributed by atoms with van der Waals surface area (Å²) in [5.41, 5.74) is 0.340. The molecule has 1 N–H and O–H groups in total. The van der Waals surface area contributed by atoms with Crippen LogP contribution in [0.15, 0.2) is 35.2 Å². The van der Waals surface area contributed by atoms with Gasteiger partial charge in [-0.3, -0.25) is 9.59 Å². The number of carbonyl (C=O) groups is 2. The summed E-state index contributed by atoms with van der Waals surface area (Å²) in [5.74, 6) is -1.01. The van der Waals surface area contributed by atoms with Gasteiger partial charge in [0, 0.05) is 24.0 Å². The number of fused-ring (bicyclic) bond motifs is 1. The zero-order valence-corrected chi connectivity index (χ0v) is 15.8. The molecule has 2 aliphatic rings. The minimum atomic E-state index is -1.93. The molecule has 0 saturated carbocycles. The minimum Gasteiger partial charge on any atom is -0.374 e. The van der Waals surface area contributed by atoms with Gasteiger partial charge in [-0.1, -0.05) is 46.0 Å². The highest BCUT2D eigenvalue weighted by molar-refractivity contribution is 6.25. The van der Waals surface area contributed by atoms with Crippen molar-refractivity contribution in [2.45, 2.75) is 77.7 Å². The van der Waals surface area contributed by atoms with Gasteiger partial charge in [0.15, 0.2) is 11.4 Å².